The monoisotopic (exact) mass is 416 g/mol. The van der Waals surface area contributed by atoms with Crippen molar-refractivity contribution < 1.29 is 22.4 Å². The van der Waals surface area contributed by atoms with Crippen LogP contribution in [0.3, 0.4) is 0 Å². The van der Waals surface area contributed by atoms with Crippen LogP contribution in [0, 0.1) is 0 Å². The SMILES string of the molecule is COc1cccc(C(=O)Cn2c(=O)oc3cc(S(=O)(=O)N4CCCC4)ccc32)c1. The van der Waals surface area contributed by atoms with E-state index in [-0.39, 0.29) is 22.8 Å². The van der Waals surface area contributed by atoms with Gasteiger partial charge in [-0.3, -0.25) is 9.36 Å². The van der Waals surface area contributed by atoms with Crippen molar-refractivity contribution in [3.05, 3.63) is 58.6 Å². The maximum Gasteiger partial charge on any atom is 0.420 e. The Bertz CT molecular complexity index is 1240. The molecule has 1 aliphatic rings. The van der Waals surface area contributed by atoms with E-state index in [2.05, 4.69) is 0 Å². The van der Waals surface area contributed by atoms with Gasteiger partial charge in [-0.05, 0) is 37.1 Å². The molecule has 0 spiro atoms. The number of sulfonamides is 1. The Labute approximate surface area is 167 Å². The lowest BCUT2D eigenvalue weighted by molar-refractivity contribution is 0.0970. The van der Waals surface area contributed by atoms with Gasteiger partial charge >= 0.3 is 5.76 Å². The van der Waals surface area contributed by atoms with Gasteiger partial charge in [-0.15, -0.1) is 0 Å². The summed E-state index contributed by atoms with van der Waals surface area (Å²) in [4.78, 5) is 25.0. The van der Waals surface area contributed by atoms with Crippen LogP contribution in [0.2, 0.25) is 0 Å². The fourth-order valence-electron chi connectivity index (χ4n) is 3.47. The second kappa shape index (κ2) is 7.49. The highest BCUT2D eigenvalue weighted by molar-refractivity contribution is 7.89. The minimum Gasteiger partial charge on any atom is -0.497 e. The van der Waals surface area contributed by atoms with E-state index in [1.165, 1.54) is 34.2 Å². The van der Waals surface area contributed by atoms with E-state index in [1.54, 1.807) is 24.3 Å². The van der Waals surface area contributed by atoms with Crippen molar-refractivity contribution in [3.8, 4) is 5.75 Å². The van der Waals surface area contributed by atoms with Crippen LogP contribution in [0.1, 0.15) is 23.2 Å². The number of carbonyl (C=O) groups is 1. The first-order valence-electron chi connectivity index (χ1n) is 9.21. The minimum atomic E-state index is -3.63. The Morgan fingerprint density at radius 2 is 1.90 bits per heavy atom. The number of hydrogen-bond donors (Lipinski definition) is 0. The lowest BCUT2D eigenvalue weighted by Crippen LogP contribution is -2.27. The number of methoxy groups -OCH3 is 1. The molecule has 1 fully saturated rings. The third-order valence-electron chi connectivity index (χ3n) is 5.04. The van der Waals surface area contributed by atoms with E-state index in [0.29, 0.717) is 29.9 Å². The Balaban J connectivity index is 1.67. The molecule has 2 aromatic carbocycles. The van der Waals surface area contributed by atoms with E-state index in [4.69, 9.17) is 9.15 Å². The van der Waals surface area contributed by atoms with E-state index in [9.17, 15) is 18.0 Å². The average molecular weight is 416 g/mol. The molecule has 8 nitrogen and oxygen atoms in total. The fourth-order valence-corrected chi connectivity index (χ4v) is 5.00. The Morgan fingerprint density at radius 1 is 1.14 bits per heavy atom. The van der Waals surface area contributed by atoms with Crippen molar-refractivity contribution in [1.29, 1.82) is 0 Å². The zero-order chi connectivity index (χ0) is 20.6. The van der Waals surface area contributed by atoms with Crippen molar-refractivity contribution in [3.63, 3.8) is 0 Å². The van der Waals surface area contributed by atoms with Crippen LogP contribution in [-0.4, -0.2) is 43.3 Å². The minimum absolute atomic E-state index is 0.0759. The third-order valence-corrected chi connectivity index (χ3v) is 6.93. The summed E-state index contributed by atoms with van der Waals surface area (Å²) < 4.78 is 38.4. The summed E-state index contributed by atoms with van der Waals surface area (Å²) in [7, 11) is -2.12. The molecule has 0 bridgehead atoms. The van der Waals surface area contributed by atoms with Crippen LogP contribution < -0.4 is 10.5 Å². The number of carbonyl (C=O) groups excluding carboxylic acids is 1. The number of oxazole rings is 1. The first kappa shape index (κ1) is 19.4. The van der Waals surface area contributed by atoms with Crippen molar-refractivity contribution in [2.24, 2.45) is 0 Å². The number of fused-ring (bicyclic) bond motifs is 1. The molecule has 1 aliphatic heterocycles. The summed E-state index contributed by atoms with van der Waals surface area (Å²) in [6.07, 6.45) is 1.67. The van der Waals surface area contributed by atoms with Gasteiger partial charge in [0.25, 0.3) is 0 Å². The number of hydrogen-bond acceptors (Lipinski definition) is 6. The summed E-state index contributed by atoms with van der Waals surface area (Å²) in [5, 5.41) is 0. The van der Waals surface area contributed by atoms with Gasteiger partial charge in [0, 0.05) is 24.7 Å². The molecule has 0 radical (unpaired) electrons. The number of ether oxygens (including phenoxy) is 1. The summed E-state index contributed by atoms with van der Waals surface area (Å²) in [5.74, 6) is -0.466. The third kappa shape index (κ3) is 3.58. The molecule has 1 saturated heterocycles. The van der Waals surface area contributed by atoms with Crippen LogP contribution in [0.15, 0.2) is 56.6 Å². The summed E-state index contributed by atoms with van der Waals surface area (Å²) in [6.45, 7) is 0.748. The van der Waals surface area contributed by atoms with Gasteiger partial charge in [0.2, 0.25) is 10.0 Å². The van der Waals surface area contributed by atoms with Crippen molar-refractivity contribution in [2.75, 3.05) is 20.2 Å². The number of nitrogens with zero attached hydrogens (tertiary/aromatic N) is 2. The van der Waals surface area contributed by atoms with Gasteiger partial charge < -0.3 is 9.15 Å². The number of Topliss-reactive ketones (excluding diaryl/α,β-unsaturated/α-hetero) is 1. The summed E-state index contributed by atoms with van der Waals surface area (Å²) in [5.41, 5.74) is 0.902. The molecular formula is C20H20N2O6S. The molecule has 9 heteroatoms. The van der Waals surface area contributed by atoms with Crippen LogP contribution in [0.25, 0.3) is 11.1 Å². The van der Waals surface area contributed by atoms with Gasteiger partial charge in [-0.1, -0.05) is 12.1 Å². The first-order chi connectivity index (χ1) is 13.9. The standard InChI is InChI=1S/C20H20N2O6S/c1-27-15-6-4-5-14(11-15)18(23)13-22-17-8-7-16(12-19(17)28-20(22)24)29(25,26)21-9-2-3-10-21/h4-8,11-12H,2-3,9-10,13H2,1H3. The average Bonchev–Trinajstić information content (AvgIpc) is 3.37. The van der Waals surface area contributed by atoms with E-state index in [0.717, 1.165) is 12.8 Å². The summed E-state index contributed by atoms with van der Waals surface area (Å²) in [6, 6.07) is 10.9. The van der Waals surface area contributed by atoms with Crippen LogP contribution in [0.5, 0.6) is 5.75 Å². The van der Waals surface area contributed by atoms with Crippen molar-refractivity contribution in [1.82, 2.24) is 8.87 Å². The normalized spacial score (nSPS) is 15.1. The molecule has 3 aromatic rings. The molecule has 0 saturated carbocycles. The Kier molecular flexibility index (Phi) is 5.01. The van der Waals surface area contributed by atoms with Crippen LogP contribution in [0.4, 0.5) is 0 Å². The van der Waals surface area contributed by atoms with Crippen molar-refractivity contribution >= 4 is 26.9 Å². The molecule has 0 aliphatic carbocycles. The molecule has 1 aromatic heterocycles. The zero-order valence-corrected chi connectivity index (χ0v) is 16.6. The number of ketones is 1. The van der Waals surface area contributed by atoms with Crippen LogP contribution >= 0.6 is 0 Å². The number of rotatable bonds is 6. The molecular weight excluding hydrogens is 396 g/mol. The molecule has 2 heterocycles. The van der Waals surface area contributed by atoms with Gasteiger partial charge in [0.05, 0.1) is 24.1 Å². The lowest BCUT2D eigenvalue weighted by atomic mass is 10.1. The quantitative estimate of drug-likeness (QED) is 0.572. The predicted octanol–water partition coefficient (Wildman–Crippen LogP) is 2.27. The van der Waals surface area contributed by atoms with E-state index >= 15 is 0 Å². The molecule has 29 heavy (non-hydrogen) atoms. The lowest BCUT2D eigenvalue weighted by Gasteiger charge is -2.15. The number of aromatic nitrogens is 1. The molecule has 0 atom stereocenters. The van der Waals surface area contributed by atoms with Gasteiger partial charge in [0.1, 0.15) is 5.75 Å². The van der Waals surface area contributed by atoms with Gasteiger partial charge in [-0.2, -0.15) is 4.31 Å². The highest BCUT2D eigenvalue weighted by Crippen LogP contribution is 2.24. The highest BCUT2D eigenvalue weighted by atomic mass is 32.2. The molecule has 0 unspecified atom stereocenters. The maximum atomic E-state index is 12.7. The molecule has 4 rings (SSSR count). The van der Waals surface area contributed by atoms with E-state index < -0.39 is 15.8 Å². The fraction of sp³-hybridized carbons (Fsp3) is 0.300. The van der Waals surface area contributed by atoms with Gasteiger partial charge in [-0.25, -0.2) is 13.2 Å². The topological polar surface area (TPSA) is 98.8 Å². The molecule has 0 N–H and O–H groups in total. The first-order valence-corrected chi connectivity index (χ1v) is 10.6. The predicted molar refractivity (Wildman–Crippen MR) is 106 cm³/mol. The Hall–Kier alpha value is -2.91. The van der Waals surface area contributed by atoms with E-state index in [1.807, 2.05) is 0 Å². The molecule has 152 valence electrons. The van der Waals surface area contributed by atoms with Crippen molar-refractivity contribution in [2.45, 2.75) is 24.3 Å². The molecule has 0 amide bonds. The second-order valence-corrected chi connectivity index (χ2v) is 8.79. The smallest absolute Gasteiger partial charge is 0.420 e. The maximum absolute atomic E-state index is 12.7. The number of benzene rings is 2. The van der Waals surface area contributed by atoms with Gasteiger partial charge in [0.15, 0.2) is 11.4 Å². The second-order valence-electron chi connectivity index (χ2n) is 6.85. The van der Waals surface area contributed by atoms with Crippen LogP contribution in [-0.2, 0) is 16.6 Å². The Morgan fingerprint density at radius 3 is 2.62 bits per heavy atom. The summed E-state index contributed by atoms with van der Waals surface area (Å²) >= 11 is 0. The largest absolute Gasteiger partial charge is 0.497 e. The highest BCUT2D eigenvalue weighted by Gasteiger charge is 2.28. The zero-order valence-electron chi connectivity index (χ0n) is 15.8.